The Morgan fingerprint density at radius 2 is 1.65 bits per heavy atom. The average molecular weight is 328 g/mol. The van der Waals surface area contributed by atoms with Crippen molar-refractivity contribution in [2.45, 2.75) is 34.1 Å². The van der Waals surface area contributed by atoms with Crippen LogP contribution >= 0.6 is 0 Å². The second-order valence-corrected chi connectivity index (χ2v) is 6.91. The molecule has 1 unspecified atom stereocenters. The Hall–Kier alpha value is -1.14. The summed E-state index contributed by atoms with van der Waals surface area (Å²) < 4.78 is 9.20. The molecule has 1 rings (SSSR count). The van der Waals surface area contributed by atoms with Gasteiger partial charge in [-0.25, -0.2) is 9.59 Å². The molecule has 1 heterocycles. The molecule has 0 bridgehead atoms. The van der Waals surface area contributed by atoms with Gasteiger partial charge >= 0.3 is 11.9 Å². The van der Waals surface area contributed by atoms with Crippen LogP contribution < -0.4 is 0 Å². The number of methoxy groups -OCH3 is 1. The van der Waals surface area contributed by atoms with Gasteiger partial charge in [-0.2, -0.15) is 0 Å². The number of rotatable bonds is 7. The molecule has 1 fully saturated rings. The van der Waals surface area contributed by atoms with E-state index in [1.807, 2.05) is 0 Å². The normalized spacial score (nSPS) is 19.4. The van der Waals surface area contributed by atoms with Crippen molar-refractivity contribution in [3.63, 3.8) is 0 Å². The van der Waals surface area contributed by atoms with Gasteiger partial charge in [0, 0.05) is 39.3 Å². The fraction of sp³-hybridized carbons (Fsp3) is 0.882. The van der Waals surface area contributed by atoms with Crippen LogP contribution in [0.15, 0.2) is 0 Å². The smallest absolute Gasteiger partial charge is 0.417 e. The summed E-state index contributed by atoms with van der Waals surface area (Å²) in [6.45, 7) is 15.3. The first kappa shape index (κ1) is 19.9. The maximum Gasteiger partial charge on any atom is 0.417 e. The minimum Gasteiger partial charge on any atom is -0.461 e. The van der Waals surface area contributed by atoms with E-state index in [1.54, 1.807) is 0 Å². The summed E-state index contributed by atoms with van der Waals surface area (Å²) in [5, 5.41) is 0. The number of esters is 2. The number of ether oxygens (including phenoxy) is 2. The maximum absolute atomic E-state index is 11.2. The van der Waals surface area contributed by atoms with Gasteiger partial charge in [0.05, 0.1) is 7.11 Å². The molecule has 1 saturated heterocycles. The largest absolute Gasteiger partial charge is 0.461 e. The highest BCUT2D eigenvalue weighted by molar-refractivity contribution is 6.29. The highest BCUT2D eigenvalue weighted by atomic mass is 16.6. The predicted octanol–water partition coefficient (Wildman–Crippen LogP) is 1.39. The van der Waals surface area contributed by atoms with Crippen LogP contribution in [0.3, 0.4) is 0 Å². The molecule has 0 radical (unpaired) electrons. The molecule has 1 atom stereocenters. The molecule has 23 heavy (non-hydrogen) atoms. The van der Waals surface area contributed by atoms with Gasteiger partial charge in [-0.05, 0) is 17.8 Å². The second kappa shape index (κ2) is 9.23. The molecule has 0 aromatic carbocycles. The Labute approximate surface area is 140 Å². The fourth-order valence-electron chi connectivity index (χ4n) is 2.79. The predicted molar refractivity (Wildman–Crippen MR) is 89.1 cm³/mol. The van der Waals surface area contributed by atoms with Crippen molar-refractivity contribution in [3.8, 4) is 0 Å². The van der Waals surface area contributed by atoms with Gasteiger partial charge in [-0.1, -0.05) is 27.7 Å². The quantitative estimate of drug-likeness (QED) is 0.520. The third kappa shape index (κ3) is 6.11. The summed E-state index contributed by atoms with van der Waals surface area (Å²) in [6, 6.07) is 0. The minimum atomic E-state index is -0.942. The summed E-state index contributed by atoms with van der Waals surface area (Å²) in [5.74, 6) is -1.19. The average Bonchev–Trinajstić information content (AvgIpc) is 2.55. The molecule has 6 heteroatoms. The van der Waals surface area contributed by atoms with E-state index < -0.39 is 11.9 Å². The standard InChI is InChI=1S/C17H32N2O4/c1-6-17(4,14(2)3)13-19-9-7-18(8-10-19)11-12-23-16(21)15(20)22-5/h14H,6-13H2,1-5H3. The van der Waals surface area contributed by atoms with E-state index in [0.717, 1.165) is 32.7 Å². The van der Waals surface area contributed by atoms with Crippen molar-refractivity contribution in [2.24, 2.45) is 11.3 Å². The Bertz CT molecular complexity index is 392. The van der Waals surface area contributed by atoms with Crippen molar-refractivity contribution >= 4 is 11.9 Å². The molecule has 0 amide bonds. The number of hydrogen-bond donors (Lipinski definition) is 0. The first-order valence-corrected chi connectivity index (χ1v) is 8.52. The molecule has 1 aliphatic heterocycles. The summed E-state index contributed by atoms with van der Waals surface area (Å²) in [5.41, 5.74) is 0.359. The number of hydrogen-bond acceptors (Lipinski definition) is 6. The van der Waals surface area contributed by atoms with E-state index in [4.69, 9.17) is 4.74 Å². The molecule has 0 aliphatic carbocycles. The van der Waals surface area contributed by atoms with Crippen molar-refractivity contribution in [3.05, 3.63) is 0 Å². The fourth-order valence-corrected chi connectivity index (χ4v) is 2.79. The van der Waals surface area contributed by atoms with E-state index in [0.29, 0.717) is 17.9 Å². The van der Waals surface area contributed by atoms with Crippen LogP contribution in [0.5, 0.6) is 0 Å². The Balaban J connectivity index is 2.28. The number of carbonyl (C=O) groups excluding carboxylic acids is 2. The zero-order valence-corrected chi connectivity index (χ0v) is 15.3. The number of carbonyl (C=O) groups is 2. The van der Waals surface area contributed by atoms with Gasteiger partial charge in [0.25, 0.3) is 0 Å². The highest BCUT2D eigenvalue weighted by Crippen LogP contribution is 2.31. The zero-order valence-electron chi connectivity index (χ0n) is 15.3. The van der Waals surface area contributed by atoms with Crippen LogP contribution in [0.1, 0.15) is 34.1 Å². The lowest BCUT2D eigenvalue weighted by Gasteiger charge is -2.42. The van der Waals surface area contributed by atoms with Gasteiger partial charge in [0.1, 0.15) is 6.61 Å². The van der Waals surface area contributed by atoms with Gasteiger partial charge in [-0.3, -0.25) is 4.90 Å². The van der Waals surface area contributed by atoms with Crippen molar-refractivity contribution < 1.29 is 19.1 Å². The second-order valence-electron chi connectivity index (χ2n) is 6.91. The SMILES string of the molecule is CCC(C)(CN1CCN(CCOC(=O)C(=O)OC)CC1)C(C)C. The van der Waals surface area contributed by atoms with E-state index in [9.17, 15) is 9.59 Å². The summed E-state index contributed by atoms with van der Waals surface area (Å²) in [7, 11) is 1.17. The zero-order chi connectivity index (χ0) is 17.5. The lowest BCUT2D eigenvalue weighted by atomic mass is 9.76. The Kier molecular flexibility index (Phi) is 7.99. The number of nitrogens with zero attached hydrogens (tertiary/aromatic N) is 2. The van der Waals surface area contributed by atoms with Crippen LogP contribution in [0.4, 0.5) is 0 Å². The van der Waals surface area contributed by atoms with Crippen molar-refractivity contribution in [1.29, 1.82) is 0 Å². The lowest BCUT2D eigenvalue weighted by molar-refractivity contribution is -0.166. The first-order valence-electron chi connectivity index (χ1n) is 8.52. The molecule has 0 N–H and O–H groups in total. The van der Waals surface area contributed by atoms with Crippen LogP contribution in [0, 0.1) is 11.3 Å². The van der Waals surface area contributed by atoms with E-state index >= 15 is 0 Å². The minimum absolute atomic E-state index is 0.229. The summed E-state index contributed by atoms with van der Waals surface area (Å²) >= 11 is 0. The summed E-state index contributed by atoms with van der Waals surface area (Å²) in [6.07, 6.45) is 1.19. The molecular weight excluding hydrogens is 296 g/mol. The molecule has 0 spiro atoms. The monoisotopic (exact) mass is 328 g/mol. The molecular formula is C17H32N2O4. The molecule has 0 saturated carbocycles. The van der Waals surface area contributed by atoms with Crippen molar-refractivity contribution in [1.82, 2.24) is 9.80 Å². The Morgan fingerprint density at radius 1 is 1.09 bits per heavy atom. The summed E-state index contributed by atoms with van der Waals surface area (Å²) in [4.78, 5) is 26.9. The van der Waals surface area contributed by atoms with Crippen LogP contribution in [0.25, 0.3) is 0 Å². The molecule has 0 aromatic rings. The third-order valence-electron chi connectivity index (χ3n) is 5.24. The maximum atomic E-state index is 11.2. The van der Waals surface area contributed by atoms with Gasteiger partial charge < -0.3 is 14.4 Å². The first-order chi connectivity index (χ1) is 10.8. The van der Waals surface area contributed by atoms with Gasteiger partial charge in [0.2, 0.25) is 0 Å². The molecule has 134 valence electrons. The highest BCUT2D eigenvalue weighted by Gasteiger charge is 2.30. The lowest BCUT2D eigenvalue weighted by Crippen LogP contribution is -2.50. The molecule has 6 nitrogen and oxygen atoms in total. The molecule has 0 aromatic heterocycles. The van der Waals surface area contributed by atoms with Gasteiger partial charge in [-0.15, -0.1) is 0 Å². The van der Waals surface area contributed by atoms with Crippen molar-refractivity contribution in [2.75, 3.05) is 53.0 Å². The van der Waals surface area contributed by atoms with Crippen LogP contribution in [0.2, 0.25) is 0 Å². The van der Waals surface area contributed by atoms with Gasteiger partial charge in [0.15, 0.2) is 0 Å². The van der Waals surface area contributed by atoms with E-state index in [2.05, 4.69) is 42.2 Å². The van der Waals surface area contributed by atoms with Crippen LogP contribution in [-0.4, -0.2) is 74.7 Å². The Morgan fingerprint density at radius 3 is 2.13 bits per heavy atom. The van der Waals surface area contributed by atoms with E-state index in [1.165, 1.54) is 13.5 Å². The molecule has 1 aliphatic rings. The van der Waals surface area contributed by atoms with Crippen LogP contribution in [-0.2, 0) is 19.1 Å². The van der Waals surface area contributed by atoms with E-state index in [-0.39, 0.29) is 6.61 Å². The topological polar surface area (TPSA) is 59.1 Å². The third-order valence-corrected chi connectivity index (χ3v) is 5.24. The number of piperazine rings is 1.